The van der Waals surface area contributed by atoms with E-state index in [2.05, 4.69) is 14.8 Å². The van der Waals surface area contributed by atoms with E-state index in [0.29, 0.717) is 0 Å². The van der Waals surface area contributed by atoms with Crippen molar-refractivity contribution in [3.05, 3.63) is 22.7 Å². The maximum Gasteiger partial charge on any atom is 0.406 e. The fourth-order valence-corrected chi connectivity index (χ4v) is 4.78. The first kappa shape index (κ1) is 19.0. The maximum absolute atomic E-state index is 12.8. The van der Waals surface area contributed by atoms with Gasteiger partial charge in [0.1, 0.15) is 30.3 Å². The lowest BCUT2D eigenvalue weighted by Gasteiger charge is -2.33. The molecule has 2 aliphatic rings. The van der Waals surface area contributed by atoms with Gasteiger partial charge in [0, 0.05) is 12.1 Å². The van der Waals surface area contributed by atoms with Crippen LogP contribution in [-0.2, 0) is 27.9 Å². The van der Waals surface area contributed by atoms with Crippen LogP contribution in [0.15, 0.2) is 17.1 Å². The number of carbonyl (C=O) groups excluding carboxylic acids is 1. The van der Waals surface area contributed by atoms with Gasteiger partial charge in [-0.05, 0) is 13.0 Å². The zero-order valence-electron chi connectivity index (χ0n) is 14.5. The van der Waals surface area contributed by atoms with E-state index in [0.717, 1.165) is 0 Å². The highest BCUT2D eigenvalue weighted by molar-refractivity contribution is 7.51. The number of nitrogens with two attached hydrogens (primary N) is 1. The molecule has 0 radical (unpaired) electrons. The number of nitrogens with one attached hydrogen (secondary N) is 1. The van der Waals surface area contributed by atoms with Crippen molar-refractivity contribution in [1.29, 1.82) is 0 Å². The Bertz CT molecular complexity index is 800. The van der Waals surface area contributed by atoms with Crippen LogP contribution < -0.4 is 16.5 Å². The highest BCUT2D eigenvalue weighted by Crippen LogP contribution is 2.54. The smallest absolute Gasteiger partial charge is 0.406 e. The molecule has 2 fully saturated rings. The largest absolute Gasteiger partial charge is 0.468 e. The fraction of sp³-hybridized carbons (Fsp3) is 0.643. The van der Waals surface area contributed by atoms with E-state index in [4.69, 9.17) is 19.5 Å². The molecule has 0 amide bonds. The summed E-state index contributed by atoms with van der Waals surface area (Å²) in [5.41, 5.74) is 4.95. The van der Waals surface area contributed by atoms with Gasteiger partial charge in [0.15, 0.2) is 0 Å². The number of esters is 1. The van der Waals surface area contributed by atoms with E-state index in [-0.39, 0.29) is 18.3 Å². The molecule has 11 nitrogen and oxygen atoms in total. The summed E-state index contributed by atoms with van der Waals surface area (Å²) in [5, 5.41) is 2.54. The SMILES string of the molecule is COC(=O)C(C)NP1(=O)OCC2OC(n3ccc(N)nc3=O)C(C)C2O1. The van der Waals surface area contributed by atoms with Gasteiger partial charge >= 0.3 is 19.4 Å². The van der Waals surface area contributed by atoms with Crippen molar-refractivity contribution in [3.63, 3.8) is 0 Å². The van der Waals surface area contributed by atoms with Gasteiger partial charge in [-0.25, -0.2) is 14.4 Å². The van der Waals surface area contributed by atoms with E-state index in [1.807, 2.05) is 0 Å². The average Bonchev–Trinajstić information content (AvgIpc) is 2.90. The van der Waals surface area contributed by atoms with Crippen LogP contribution in [0, 0.1) is 5.92 Å². The molecule has 3 rings (SSSR count). The minimum Gasteiger partial charge on any atom is -0.468 e. The molecule has 26 heavy (non-hydrogen) atoms. The monoisotopic (exact) mass is 388 g/mol. The second kappa shape index (κ2) is 7.09. The van der Waals surface area contributed by atoms with Gasteiger partial charge in [0.05, 0.1) is 13.7 Å². The molecule has 0 aromatic carbocycles. The number of nitrogens with zero attached hydrogens (tertiary/aromatic N) is 2. The number of hydrogen-bond donors (Lipinski definition) is 2. The van der Waals surface area contributed by atoms with Crippen LogP contribution in [-0.4, -0.2) is 47.5 Å². The Balaban J connectivity index is 1.76. The molecule has 1 aromatic heterocycles. The van der Waals surface area contributed by atoms with Crippen molar-refractivity contribution in [2.24, 2.45) is 5.92 Å². The number of rotatable bonds is 4. The summed E-state index contributed by atoms with van der Waals surface area (Å²) >= 11 is 0. The Labute approximate surface area is 149 Å². The van der Waals surface area contributed by atoms with Crippen molar-refractivity contribution in [3.8, 4) is 0 Å². The van der Waals surface area contributed by atoms with Gasteiger partial charge in [-0.3, -0.25) is 18.4 Å². The van der Waals surface area contributed by atoms with Crippen LogP contribution in [0.4, 0.5) is 5.82 Å². The van der Waals surface area contributed by atoms with Crippen LogP contribution in [0.1, 0.15) is 20.1 Å². The summed E-state index contributed by atoms with van der Waals surface area (Å²) in [5.74, 6) is -0.808. The highest BCUT2D eigenvalue weighted by Gasteiger charge is 2.52. The second-order valence-electron chi connectivity index (χ2n) is 6.20. The quantitative estimate of drug-likeness (QED) is 0.535. The molecule has 1 aromatic rings. The van der Waals surface area contributed by atoms with Gasteiger partial charge in [0.25, 0.3) is 0 Å². The molecule has 12 heteroatoms. The van der Waals surface area contributed by atoms with Gasteiger partial charge in [0.2, 0.25) is 0 Å². The Kier molecular flexibility index (Phi) is 5.18. The van der Waals surface area contributed by atoms with Gasteiger partial charge < -0.3 is 15.2 Å². The van der Waals surface area contributed by atoms with Crippen LogP contribution in [0.5, 0.6) is 0 Å². The predicted molar refractivity (Wildman–Crippen MR) is 89.0 cm³/mol. The third-order valence-electron chi connectivity index (χ3n) is 4.35. The molecule has 6 unspecified atom stereocenters. The summed E-state index contributed by atoms with van der Waals surface area (Å²) in [6.45, 7) is 3.28. The number of anilines is 1. The minimum atomic E-state index is -3.74. The molecule has 3 heterocycles. The van der Waals surface area contributed by atoms with Crippen molar-refractivity contribution >= 4 is 19.5 Å². The number of nitrogen functional groups attached to an aromatic ring is 1. The normalized spacial score (nSPS) is 34.9. The Morgan fingerprint density at radius 1 is 1.58 bits per heavy atom. The van der Waals surface area contributed by atoms with E-state index in [9.17, 15) is 14.2 Å². The number of ether oxygens (including phenoxy) is 2. The van der Waals surface area contributed by atoms with E-state index < -0.39 is 43.9 Å². The highest BCUT2D eigenvalue weighted by atomic mass is 31.2. The second-order valence-corrected chi connectivity index (χ2v) is 7.93. The molecule has 144 valence electrons. The summed E-state index contributed by atoms with van der Waals surface area (Å²) in [4.78, 5) is 27.3. The molecular weight excluding hydrogens is 367 g/mol. The third-order valence-corrected chi connectivity index (χ3v) is 6.06. The van der Waals surface area contributed by atoms with E-state index in [1.165, 1.54) is 30.9 Å². The number of aromatic nitrogens is 2. The van der Waals surface area contributed by atoms with E-state index >= 15 is 0 Å². The molecule has 2 aliphatic heterocycles. The predicted octanol–water partition coefficient (Wildman–Crippen LogP) is 0.0336. The maximum atomic E-state index is 12.8. The molecular formula is C14H21N4O7P. The number of methoxy groups -OCH3 is 1. The molecule has 2 saturated heterocycles. The lowest BCUT2D eigenvalue weighted by Crippen LogP contribution is -2.42. The summed E-state index contributed by atoms with van der Waals surface area (Å²) in [7, 11) is -2.51. The number of fused-ring (bicyclic) bond motifs is 1. The third kappa shape index (κ3) is 3.53. The summed E-state index contributed by atoms with van der Waals surface area (Å²) < 4.78 is 35.4. The fourth-order valence-electron chi connectivity index (χ4n) is 3.01. The molecule has 3 N–H and O–H groups in total. The van der Waals surface area contributed by atoms with Crippen LogP contribution in [0.25, 0.3) is 0 Å². The van der Waals surface area contributed by atoms with Gasteiger partial charge in [-0.15, -0.1) is 0 Å². The Morgan fingerprint density at radius 2 is 2.31 bits per heavy atom. The van der Waals surface area contributed by atoms with Crippen LogP contribution in [0.2, 0.25) is 0 Å². The van der Waals surface area contributed by atoms with Crippen molar-refractivity contribution in [1.82, 2.24) is 14.6 Å². The van der Waals surface area contributed by atoms with E-state index in [1.54, 1.807) is 6.92 Å². The van der Waals surface area contributed by atoms with Crippen LogP contribution >= 0.6 is 7.75 Å². The van der Waals surface area contributed by atoms with Crippen molar-refractivity contribution in [2.75, 3.05) is 19.5 Å². The Morgan fingerprint density at radius 3 is 2.96 bits per heavy atom. The molecule has 0 spiro atoms. The first-order valence-corrected chi connectivity index (χ1v) is 9.57. The topological polar surface area (TPSA) is 144 Å². The zero-order valence-corrected chi connectivity index (χ0v) is 15.4. The molecule has 6 atom stereocenters. The number of hydrogen-bond acceptors (Lipinski definition) is 9. The van der Waals surface area contributed by atoms with Gasteiger partial charge in [-0.1, -0.05) is 6.92 Å². The number of carbonyl (C=O) groups is 1. The molecule has 0 saturated carbocycles. The van der Waals surface area contributed by atoms with Crippen molar-refractivity contribution < 1.29 is 27.9 Å². The summed E-state index contributed by atoms with van der Waals surface area (Å²) in [6, 6.07) is 0.612. The first-order chi connectivity index (χ1) is 12.2. The summed E-state index contributed by atoms with van der Waals surface area (Å²) in [6.07, 6.45) is -0.293. The minimum absolute atomic E-state index is 0.0131. The molecule has 0 bridgehead atoms. The zero-order chi connectivity index (χ0) is 19.1. The standard InChI is InChI=1S/C14H21N4O7P/c1-7-11-9(24-12(7)18-5-4-10(15)16-14(18)20)6-23-26(21,25-11)17-8(2)13(19)22-3/h4-5,7-9,11-12H,6H2,1-3H3,(H,17,21)(H2,15,16,20). The van der Waals surface area contributed by atoms with Crippen molar-refractivity contribution in [2.45, 2.75) is 38.3 Å². The lowest BCUT2D eigenvalue weighted by molar-refractivity contribution is -0.142. The average molecular weight is 388 g/mol. The molecule has 0 aliphatic carbocycles. The van der Waals surface area contributed by atoms with Crippen LogP contribution in [0.3, 0.4) is 0 Å². The first-order valence-electron chi connectivity index (χ1n) is 8.03. The lowest BCUT2D eigenvalue weighted by atomic mass is 10.0. The van der Waals surface area contributed by atoms with Gasteiger partial charge in [-0.2, -0.15) is 4.98 Å². The Hall–Kier alpha value is -1.78.